The maximum Gasteiger partial charge on any atom is 0.0419 e. The van der Waals surface area contributed by atoms with Gasteiger partial charge in [-0.15, -0.1) is 0 Å². The Morgan fingerprint density at radius 3 is 2.53 bits per heavy atom. The van der Waals surface area contributed by atoms with Crippen LogP contribution in [0.1, 0.15) is 25.1 Å². The molecule has 0 aliphatic heterocycles. The molecule has 0 aromatic carbocycles. The van der Waals surface area contributed by atoms with Gasteiger partial charge < -0.3 is 10.2 Å². The minimum absolute atomic E-state index is 0.481. The number of pyridine rings is 1. The summed E-state index contributed by atoms with van der Waals surface area (Å²) in [5, 5.41) is 3.51. The number of nitrogens with one attached hydrogen (secondary N) is 1. The van der Waals surface area contributed by atoms with E-state index in [9.17, 15) is 0 Å². The van der Waals surface area contributed by atoms with E-state index in [2.05, 4.69) is 55.3 Å². The Kier molecular flexibility index (Phi) is 6.16. The van der Waals surface area contributed by atoms with Crippen LogP contribution in [0.15, 0.2) is 18.3 Å². The molecular formula is C14H25N3. The van der Waals surface area contributed by atoms with Crippen molar-refractivity contribution in [3.8, 4) is 0 Å². The standard InChI is InChI=1S/C14H25N3/c1-5-12-7-8-13(16-10-12)9-14(15-6-2)11-17(3)4/h7-8,10,14-15H,5-6,9,11H2,1-4H3. The third-order valence-corrected chi connectivity index (χ3v) is 2.83. The molecule has 0 radical (unpaired) electrons. The fourth-order valence-corrected chi connectivity index (χ4v) is 1.97. The van der Waals surface area contributed by atoms with E-state index in [4.69, 9.17) is 0 Å². The molecule has 0 amide bonds. The van der Waals surface area contributed by atoms with Gasteiger partial charge in [0.2, 0.25) is 0 Å². The van der Waals surface area contributed by atoms with E-state index >= 15 is 0 Å². The molecule has 0 aliphatic rings. The number of likely N-dealkylation sites (N-methyl/N-ethyl adjacent to an activating group) is 2. The summed E-state index contributed by atoms with van der Waals surface area (Å²) >= 11 is 0. The monoisotopic (exact) mass is 235 g/mol. The van der Waals surface area contributed by atoms with Gasteiger partial charge in [-0.3, -0.25) is 4.98 Å². The molecule has 1 aromatic heterocycles. The summed E-state index contributed by atoms with van der Waals surface area (Å²) in [7, 11) is 4.22. The number of nitrogens with zero attached hydrogens (tertiary/aromatic N) is 2. The maximum absolute atomic E-state index is 4.52. The summed E-state index contributed by atoms with van der Waals surface area (Å²) in [6.45, 7) is 6.36. The lowest BCUT2D eigenvalue weighted by atomic mass is 10.1. The predicted octanol–water partition coefficient (Wildman–Crippen LogP) is 1.73. The summed E-state index contributed by atoms with van der Waals surface area (Å²) in [6, 6.07) is 4.81. The van der Waals surface area contributed by atoms with E-state index < -0.39 is 0 Å². The largest absolute Gasteiger partial charge is 0.313 e. The highest BCUT2D eigenvalue weighted by molar-refractivity contribution is 5.14. The third-order valence-electron chi connectivity index (χ3n) is 2.83. The summed E-state index contributed by atoms with van der Waals surface area (Å²) in [5.74, 6) is 0. The number of aromatic nitrogens is 1. The third kappa shape index (κ3) is 5.29. The highest BCUT2D eigenvalue weighted by atomic mass is 15.1. The van der Waals surface area contributed by atoms with Crippen molar-refractivity contribution in [1.82, 2.24) is 15.2 Å². The molecule has 1 N–H and O–H groups in total. The van der Waals surface area contributed by atoms with Gasteiger partial charge in [-0.25, -0.2) is 0 Å². The molecule has 0 bridgehead atoms. The predicted molar refractivity (Wildman–Crippen MR) is 73.3 cm³/mol. The van der Waals surface area contributed by atoms with Crippen LogP contribution in [0, 0.1) is 0 Å². The number of aryl methyl sites for hydroxylation is 1. The SMILES string of the molecule is CCNC(Cc1ccc(CC)cn1)CN(C)C. The minimum atomic E-state index is 0.481. The van der Waals surface area contributed by atoms with Crippen LogP contribution in [-0.2, 0) is 12.8 Å². The first-order valence-corrected chi connectivity index (χ1v) is 6.47. The van der Waals surface area contributed by atoms with E-state index in [1.54, 1.807) is 0 Å². The molecule has 0 fully saturated rings. The van der Waals surface area contributed by atoms with Crippen molar-refractivity contribution >= 4 is 0 Å². The highest BCUT2D eigenvalue weighted by Crippen LogP contribution is 2.04. The van der Waals surface area contributed by atoms with Crippen LogP contribution in [0.2, 0.25) is 0 Å². The molecule has 1 unspecified atom stereocenters. The molecule has 1 heterocycles. The van der Waals surface area contributed by atoms with Gasteiger partial charge in [0.15, 0.2) is 0 Å². The average molecular weight is 235 g/mol. The zero-order valence-electron chi connectivity index (χ0n) is 11.5. The van der Waals surface area contributed by atoms with Crippen LogP contribution in [0.25, 0.3) is 0 Å². The lowest BCUT2D eigenvalue weighted by molar-refractivity contribution is 0.338. The van der Waals surface area contributed by atoms with Crippen molar-refractivity contribution in [2.75, 3.05) is 27.2 Å². The van der Waals surface area contributed by atoms with Crippen LogP contribution in [0.5, 0.6) is 0 Å². The molecule has 0 saturated carbocycles. The first-order valence-electron chi connectivity index (χ1n) is 6.47. The Balaban J connectivity index is 2.58. The van der Waals surface area contributed by atoms with Crippen molar-refractivity contribution in [1.29, 1.82) is 0 Å². The summed E-state index contributed by atoms with van der Waals surface area (Å²) in [6.07, 6.45) is 4.05. The van der Waals surface area contributed by atoms with Crippen molar-refractivity contribution in [3.05, 3.63) is 29.6 Å². The Morgan fingerprint density at radius 2 is 2.06 bits per heavy atom. The van der Waals surface area contributed by atoms with Crippen LogP contribution in [-0.4, -0.2) is 43.1 Å². The van der Waals surface area contributed by atoms with Crippen LogP contribution >= 0.6 is 0 Å². The molecule has 17 heavy (non-hydrogen) atoms. The molecule has 1 aromatic rings. The lowest BCUT2D eigenvalue weighted by Crippen LogP contribution is -2.39. The summed E-state index contributed by atoms with van der Waals surface area (Å²) in [4.78, 5) is 6.74. The number of hydrogen-bond acceptors (Lipinski definition) is 3. The fraction of sp³-hybridized carbons (Fsp3) is 0.643. The van der Waals surface area contributed by atoms with E-state index in [0.29, 0.717) is 6.04 Å². The van der Waals surface area contributed by atoms with Crippen LogP contribution in [0.4, 0.5) is 0 Å². The van der Waals surface area contributed by atoms with Crippen molar-refractivity contribution < 1.29 is 0 Å². The molecule has 96 valence electrons. The average Bonchev–Trinajstić information content (AvgIpc) is 2.29. The number of rotatable bonds is 7. The second kappa shape index (κ2) is 7.41. The first-order chi connectivity index (χ1) is 8.15. The van der Waals surface area contributed by atoms with Crippen molar-refractivity contribution in [2.24, 2.45) is 0 Å². The second-order valence-electron chi connectivity index (χ2n) is 4.73. The van der Waals surface area contributed by atoms with Crippen molar-refractivity contribution in [2.45, 2.75) is 32.7 Å². The molecule has 0 spiro atoms. The zero-order valence-corrected chi connectivity index (χ0v) is 11.5. The molecular weight excluding hydrogens is 210 g/mol. The summed E-state index contributed by atoms with van der Waals surface area (Å²) in [5.41, 5.74) is 2.48. The van der Waals surface area contributed by atoms with E-state index in [0.717, 1.165) is 25.9 Å². The van der Waals surface area contributed by atoms with Gasteiger partial charge in [-0.2, -0.15) is 0 Å². The lowest BCUT2D eigenvalue weighted by Gasteiger charge is -2.21. The fourth-order valence-electron chi connectivity index (χ4n) is 1.97. The van der Waals surface area contributed by atoms with Gasteiger partial charge in [0.05, 0.1) is 0 Å². The minimum Gasteiger partial charge on any atom is -0.313 e. The van der Waals surface area contributed by atoms with Gasteiger partial charge in [0.25, 0.3) is 0 Å². The topological polar surface area (TPSA) is 28.2 Å². The van der Waals surface area contributed by atoms with Crippen LogP contribution < -0.4 is 5.32 Å². The molecule has 1 rings (SSSR count). The Bertz CT molecular complexity index is 306. The zero-order chi connectivity index (χ0) is 12.7. The van der Waals surface area contributed by atoms with Crippen LogP contribution in [0.3, 0.4) is 0 Å². The molecule has 3 heteroatoms. The molecule has 1 atom stereocenters. The molecule has 0 saturated heterocycles. The number of hydrogen-bond donors (Lipinski definition) is 1. The van der Waals surface area contributed by atoms with Gasteiger partial charge in [-0.1, -0.05) is 19.9 Å². The van der Waals surface area contributed by atoms with Gasteiger partial charge in [0, 0.05) is 30.9 Å². The first kappa shape index (κ1) is 14.1. The van der Waals surface area contributed by atoms with E-state index in [1.807, 2.05) is 6.20 Å². The quantitative estimate of drug-likeness (QED) is 0.780. The normalized spacial score (nSPS) is 13.0. The smallest absolute Gasteiger partial charge is 0.0419 e. The molecule has 3 nitrogen and oxygen atoms in total. The molecule has 0 aliphatic carbocycles. The maximum atomic E-state index is 4.52. The van der Waals surface area contributed by atoms with Crippen molar-refractivity contribution in [3.63, 3.8) is 0 Å². The highest BCUT2D eigenvalue weighted by Gasteiger charge is 2.10. The van der Waals surface area contributed by atoms with E-state index in [-0.39, 0.29) is 0 Å². The van der Waals surface area contributed by atoms with Gasteiger partial charge in [-0.05, 0) is 38.7 Å². The van der Waals surface area contributed by atoms with Gasteiger partial charge in [0.1, 0.15) is 0 Å². The Labute approximate surface area is 105 Å². The Morgan fingerprint density at radius 1 is 1.29 bits per heavy atom. The Hall–Kier alpha value is -0.930. The summed E-state index contributed by atoms with van der Waals surface area (Å²) < 4.78 is 0. The second-order valence-corrected chi connectivity index (χ2v) is 4.73. The van der Waals surface area contributed by atoms with Gasteiger partial charge >= 0.3 is 0 Å². The van der Waals surface area contributed by atoms with E-state index in [1.165, 1.54) is 11.3 Å².